The summed E-state index contributed by atoms with van der Waals surface area (Å²) in [5.74, 6) is -0.712. The van der Waals surface area contributed by atoms with Gasteiger partial charge in [-0.3, -0.25) is 9.59 Å². The van der Waals surface area contributed by atoms with Crippen molar-refractivity contribution < 1.29 is 19.1 Å². The molecule has 0 aromatic heterocycles. The smallest absolute Gasteiger partial charge is 0.408 e. The molecule has 0 saturated heterocycles. The first-order valence-electron chi connectivity index (χ1n) is 13.0. The highest BCUT2D eigenvalue weighted by molar-refractivity contribution is 6.00. The summed E-state index contributed by atoms with van der Waals surface area (Å²) >= 11 is 0. The van der Waals surface area contributed by atoms with Crippen LogP contribution in [0, 0.1) is 13.8 Å². The average Bonchev–Trinajstić information content (AvgIpc) is 2.81. The van der Waals surface area contributed by atoms with Gasteiger partial charge in [0.25, 0.3) is 5.91 Å². The minimum absolute atomic E-state index is 0.329. The number of nitrogens with one attached hydrogen (secondary N) is 2. The number of hydrogen-bond donors (Lipinski definition) is 2. The molecule has 0 saturated carbocycles. The summed E-state index contributed by atoms with van der Waals surface area (Å²) in [6, 6.07) is 17.3. The SMILES string of the molecule is Cc1cccc(C)c1C(C(=O)Nc1ccc2ccccc2c1)N(C(=O)C(C)NC(=O)OC(C)(C)C)C(C)C. The van der Waals surface area contributed by atoms with Crippen molar-refractivity contribution in [2.24, 2.45) is 0 Å². The van der Waals surface area contributed by atoms with Gasteiger partial charge < -0.3 is 20.3 Å². The molecule has 7 nitrogen and oxygen atoms in total. The van der Waals surface area contributed by atoms with Gasteiger partial charge in [0.15, 0.2) is 0 Å². The third-order valence-corrected chi connectivity index (χ3v) is 6.27. The number of carbonyl (C=O) groups excluding carboxylic acids is 3. The second-order valence-corrected chi connectivity index (χ2v) is 11.0. The van der Waals surface area contributed by atoms with Crippen molar-refractivity contribution in [3.8, 4) is 0 Å². The molecule has 0 heterocycles. The molecule has 202 valence electrons. The number of ether oxygens (including phenoxy) is 1. The molecule has 0 aliphatic rings. The van der Waals surface area contributed by atoms with Crippen LogP contribution in [0.25, 0.3) is 10.8 Å². The fraction of sp³-hybridized carbons (Fsp3) is 0.387. The van der Waals surface area contributed by atoms with Gasteiger partial charge >= 0.3 is 6.09 Å². The number of benzene rings is 3. The summed E-state index contributed by atoms with van der Waals surface area (Å²) in [4.78, 5) is 41.8. The molecule has 38 heavy (non-hydrogen) atoms. The Morgan fingerprint density at radius 2 is 1.45 bits per heavy atom. The van der Waals surface area contributed by atoms with Gasteiger partial charge in [-0.1, -0.05) is 48.5 Å². The summed E-state index contributed by atoms with van der Waals surface area (Å²) in [5, 5.41) is 7.74. The first kappa shape index (κ1) is 28.7. The van der Waals surface area contributed by atoms with Crippen molar-refractivity contribution >= 4 is 34.4 Å². The maximum atomic E-state index is 14.0. The summed E-state index contributed by atoms with van der Waals surface area (Å²) in [6.07, 6.45) is -0.689. The average molecular weight is 518 g/mol. The summed E-state index contributed by atoms with van der Waals surface area (Å²) in [5.41, 5.74) is 2.49. The van der Waals surface area contributed by atoms with Crippen LogP contribution in [0.4, 0.5) is 10.5 Å². The third kappa shape index (κ3) is 6.91. The maximum Gasteiger partial charge on any atom is 0.408 e. The molecule has 0 fully saturated rings. The molecule has 3 aromatic rings. The lowest BCUT2D eigenvalue weighted by Crippen LogP contribution is -2.53. The van der Waals surface area contributed by atoms with E-state index in [9.17, 15) is 14.4 Å². The largest absolute Gasteiger partial charge is 0.444 e. The van der Waals surface area contributed by atoms with E-state index < -0.39 is 23.8 Å². The molecule has 0 bridgehead atoms. The minimum Gasteiger partial charge on any atom is -0.444 e. The fourth-order valence-corrected chi connectivity index (χ4v) is 4.58. The molecule has 7 heteroatoms. The van der Waals surface area contributed by atoms with Gasteiger partial charge in [0.05, 0.1) is 0 Å². The highest BCUT2D eigenvalue weighted by Gasteiger charge is 2.37. The maximum absolute atomic E-state index is 14.0. The topological polar surface area (TPSA) is 87.7 Å². The van der Waals surface area contributed by atoms with E-state index in [-0.39, 0.29) is 17.9 Å². The second kappa shape index (κ2) is 11.7. The van der Waals surface area contributed by atoms with Crippen LogP contribution >= 0.6 is 0 Å². The standard InChI is InChI=1S/C31H39N3O4/c1-19(2)34(29(36)22(5)32-30(37)38-31(6,7)8)27(26-20(3)12-11-13-21(26)4)28(35)33-25-17-16-23-14-9-10-15-24(23)18-25/h9-19,22,27H,1-8H3,(H,32,37)(H,33,35). The van der Waals surface area contributed by atoms with Crippen LogP contribution in [0.15, 0.2) is 60.7 Å². The zero-order chi connectivity index (χ0) is 28.2. The van der Waals surface area contributed by atoms with Crippen molar-refractivity contribution in [1.29, 1.82) is 0 Å². The molecule has 0 spiro atoms. The van der Waals surface area contributed by atoms with E-state index in [1.54, 1.807) is 32.6 Å². The van der Waals surface area contributed by atoms with E-state index in [0.717, 1.165) is 27.5 Å². The van der Waals surface area contributed by atoms with Gasteiger partial charge in [0.2, 0.25) is 5.91 Å². The number of anilines is 1. The number of fused-ring (bicyclic) bond motifs is 1. The highest BCUT2D eigenvalue weighted by Crippen LogP contribution is 2.31. The van der Waals surface area contributed by atoms with Crippen molar-refractivity contribution in [2.45, 2.75) is 79.1 Å². The molecular formula is C31H39N3O4. The van der Waals surface area contributed by atoms with Gasteiger partial charge in [-0.15, -0.1) is 0 Å². The number of carbonyl (C=O) groups is 3. The van der Waals surface area contributed by atoms with Gasteiger partial charge in [-0.2, -0.15) is 0 Å². The Balaban J connectivity index is 2.00. The fourth-order valence-electron chi connectivity index (χ4n) is 4.58. The van der Waals surface area contributed by atoms with Crippen LogP contribution in [0.1, 0.15) is 64.3 Å². The van der Waals surface area contributed by atoms with E-state index >= 15 is 0 Å². The number of aryl methyl sites for hydroxylation is 2. The summed E-state index contributed by atoms with van der Waals surface area (Å²) < 4.78 is 5.34. The monoisotopic (exact) mass is 517 g/mol. The Bertz CT molecular complexity index is 1310. The zero-order valence-corrected chi connectivity index (χ0v) is 23.6. The van der Waals surface area contributed by atoms with E-state index in [2.05, 4.69) is 10.6 Å². The molecule has 0 radical (unpaired) electrons. The predicted molar refractivity (Wildman–Crippen MR) is 152 cm³/mol. The van der Waals surface area contributed by atoms with Crippen LogP contribution in [-0.2, 0) is 14.3 Å². The van der Waals surface area contributed by atoms with Crippen molar-refractivity contribution in [3.05, 3.63) is 77.4 Å². The van der Waals surface area contributed by atoms with E-state index in [0.29, 0.717) is 5.69 Å². The van der Waals surface area contributed by atoms with Crippen molar-refractivity contribution in [1.82, 2.24) is 10.2 Å². The normalized spacial score (nSPS) is 13.1. The molecular weight excluding hydrogens is 478 g/mol. The van der Waals surface area contributed by atoms with Gasteiger partial charge in [-0.05, 0) is 95.0 Å². The highest BCUT2D eigenvalue weighted by atomic mass is 16.6. The molecule has 2 atom stereocenters. The first-order valence-corrected chi connectivity index (χ1v) is 13.0. The molecule has 3 aromatic carbocycles. The lowest BCUT2D eigenvalue weighted by molar-refractivity contribution is -0.142. The van der Waals surface area contributed by atoms with Crippen LogP contribution in [0.2, 0.25) is 0 Å². The molecule has 0 aliphatic heterocycles. The number of alkyl carbamates (subject to hydrolysis) is 1. The Morgan fingerprint density at radius 3 is 2.03 bits per heavy atom. The number of rotatable bonds is 7. The van der Waals surface area contributed by atoms with Crippen molar-refractivity contribution in [3.63, 3.8) is 0 Å². The van der Waals surface area contributed by atoms with Crippen LogP contribution in [0.5, 0.6) is 0 Å². The lowest BCUT2D eigenvalue weighted by atomic mass is 9.93. The molecule has 3 rings (SSSR count). The molecule has 2 unspecified atom stereocenters. The van der Waals surface area contributed by atoms with Gasteiger partial charge in [0.1, 0.15) is 17.7 Å². The Kier molecular flexibility index (Phi) is 8.82. The molecule has 2 N–H and O–H groups in total. The minimum atomic E-state index is -0.918. The van der Waals surface area contributed by atoms with Crippen molar-refractivity contribution in [2.75, 3.05) is 5.32 Å². The number of amides is 3. The quantitative estimate of drug-likeness (QED) is 0.386. The Labute approximate surface area is 225 Å². The van der Waals surface area contributed by atoms with Crippen LogP contribution < -0.4 is 10.6 Å². The van der Waals surface area contributed by atoms with Gasteiger partial charge in [-0.25, -0.2) is 4.79 Å². The molecule has 0 aliphatic carbocycles. The zero-order valence-electron chi connectivity index (χ0n) is 23.6. The van der Waals surface area contributed by atoms with E-state index in [4.69, 9.17) is 4.74 Å². The summed E-state index contributed by atoms with van der Waals surface area (Å²) in [6.45, 7) is 14.5. The molecule has 3 amide bonds. The second-order valence-electron chi connectivity index (χ2n) is 11.0. The predicted octanol–water partition coefficient (Wildman–Crippen LogP) is 6.29. The van der Waals surface area contributed by atoms with Crippen LogP contribution in [-0.4, -0.2) is 40.5 Å². The van der Waals surface area contributed by atoms with Crippen LogP contribution in [0.3, 0.4) is 0 Å². The number of hydrogen-bond acceptors (Lipinski definition) is 4. The third-order valence-electron chi connectivity index (χ3n) is 6.27. The number of nitrogens with zero attached hydrogens (tertiary/aromatic N) is 1. The summed E-state index contributed by atoms with van der Waals surface area (Å²) in [7, 11) is 0. The van der Waals surface area contributed by atoms with E-state index in [1.807, 2.05) is 88.4 Å². The first-order chi connectivity index (χ1) is 17.8. The Hall–Kier alpha value is -3.87. The Morgan fingerprint density at radius 1 is 0.842 bits per heavy atom. The lowest BCUT2D eigenvalue weighted by Gasteiger charge is -2.37. The van der Waals surface area contributed by atoms with Gasteiger partial charge in [0, 0.05) is 11.7 Å². The van der Waals surface area contributed by atoms with E-state index in [1.165, 1.54) is 0 Å².